The second kappa shape index (κ2) is 10.1. The number of aromatic carboxylic acids is 2. The maximum atomic E-state index is 13.1. The molecule has 8 heteroatoms. The molecule has 0 aliphatic carbocycles. The summed E-state index contributed by atoms with van der Waals surface area (Å²) < 4.78 is 2.13. The Morgan fingerprint density at radius 2 is 1.55 bits per heavy atom. The van der Waals surface area contributed by atoms with Crippen molar-refractivity contribution < 1.29 is 24.6 Å². The van der Waals surface area contributed by atoms with E-state index < -0.39 is 23.5 Å². The first-order chi connectivity index (χ1) is 15.8. The Bertz CT molecular complexity index is 1250. The van der Waals surface area contributed by atoms with Crippen molar-refractivity contribution in [1.29, 1.82) is 0 Å². The highest BCUT2D eigenvalue weighted by Gasteiger charge is 2.27. The highest BCUT2D eigenvalue weighted by atomic mass is 16.4. The number of carboxylic acids is 2. The molecule has 0 atom stereocenters. The SMILES string of the molecule is CCCC(=O)n1c(C(=O)O)c(CCC)n(Cc2ccc(-c3ccccc3C(=O)O)cc2)c1=O. The molecule has 0 bridgehead atoms. The van der Waals surface area contributed by atoms with Gasteiger partial charge in [0.1, 0.15) is 0 Å². The van der Waals surface area contributed by atoms with Gasteiger partial charge in [0, 0.05) is 6.42 Å². The van der Waals surface area contributed by atoms with Crippen molar-refractivity contribution in [2.45, 2.75) is 46.1 Å². The number of imidazole rings is 1. The van der Waals surface area contributed by atoms with E-state index in [0.717, 1.165) is 10.1 Å². The van der Waals surface area contributed by atoms with Crippen LogP contribution in [0.2, 0.25) is 0 Å². The first-order valence-corrected chi connectivity index (χ1v) is 10.8. The largest absolute Gasteiger partial charge is 0.478 e. The van der Waals surface area contributed by atoms with Gasteiger partial charge in [-0.3, -0.25) is 9.36 Å². The van der Waals surface area contributed by atoms with Crippen molar-refractivity contribution in [1.82, 2.24) is 9.13 Å². The summed E-state index contributed by atoms with van der Waals surface area (Å²) in [5, 5.41) is 19.2. The van der Waals surface area contributed by atoms with Crippen LogP contribution in [-0.2, 0) is 13.0 Å². The van der Waals surface area contributed by atoms with Gasteiger partial charge < -0.3 is 10.2 Å². The molecule has 2 aromatic carbocycles. The molecule has 0 spiro atoms. The van der Waals surface area contributed by atoms with Crippen LogP contribution in [0.15, 0.2) is 53.3 Å². The molecular formula is C25H26N2O6. The minimum absolute atomic E-state index is 0.0768. The predicted molar refractivity (Wildman–Crippen MR) is 123 cm³/mol. The Balaban J connectivity index is 2.04. The van der Waals surface area contributed by atoms with Crippen LogP contribution in [-0.4, -0.2) is 37.2 Å². The molecule has 3 rings (SSSR count). The number of nitrogens with zero attached hydrogens (tertiary/aromatic N) is 2. The van der Waals surface area contributed by atoms with Crippen molar-refractivity contribution in [3.63, 3.8) is 0 Å². The van der Waals surface area contributed by atoms with E-state index >= 15 is 0 Å². The number of hydrogen-bond acceptors (Lipinski definition) is 4. The third-order valence-corrected chi connectivity index (χ3v) is 5.41. The molecular weight excluding hydrogens is 424 g/mol. The van der Waals surface area contributed by atoms with Gasteiger partial charge in [-0.25, -0.2) is 19.0 Å². The van der Waals surface area contributed by atoms with Crippen molar-refractivity contribution in [3.8, 4) is 11.1 Å². The molecule has 3 aromatic rings. The van der Waals surface area contributed by atoms with E-state index in [1.54, 1.807) is 49.4 Å². The summed E-state index contributed by atoms with van der Waals surface area (Å²) in [5.41, 5.74) is 1.58. The van der Waals surface area contributed by atoms with E-state index in [-0.39, 0.29) is 24.2 Å². The van der Waals surface area contributed by atoms with Gasteiger partial charge in [0.2, 0.25) is 5.91 Å². The molecule has 172 valence electrons. The number of carbonyl (C=O) groups is 3. The van der Waals surface area contributed by atoms with Gasteiger partial charge in [-0.2, -0.15) is 0 Å². The lowest BCUT2D eigenvalue weighted by atomic mass is 9.99. The highest BCUT2D eigenvalue weighted by Crippen LogP contribution is 2.24. The lowest BCUT2D eigenvalue weighted by molar-refractivity contribution is 0.0668. The Hall–Kier alpha value is -3.94. The summed E-state index contributed by atoms with van der Waals surface area (Å²) in [4.78, 5) is 49.1. The molecule has 8 nitrogen and oxygen atoms in total. The standard InChI is InChI=1S/C25H26N2O6/c1-3-7-20-22(24(31)32)27(21(28)8-4-2)25(33)26(20)15-16-11-13-17(14-12-16)18-9-5-6-10-19(18)23(29)30/h5-6,9-14H,3-4,7-8,15H2,1-2H3,(H,29,30)(H,31,32). The summed E-state index contributed by atoms with van der Waals surface area (Å²) >= 11 is 0. The minimum Gasteiger partial charge on any atom is -0.478 e. The maximum Gasteiger partial charge on any atom is 0.354 e. The summed E-state index contributed by atoms with van der Waals surface area (Å²) in [5.74, 6) is -2.86. The molecule has 0 amide bonds. The zero-order valence-corrected chi connectivity index (χ0v) is 18.6. The second-order valence-corrected chi connectivity index (χ2v) is 7.75. The summed E-state index contributed by atoms with van der Waals surface area (Å²) in [6, 6.07) is 13.7. The van der Waals surface area contributed by atoms with E-state index in [0.29, 0.717) is 36.1 Å². The number of benzene rings is 2. The van der Waals surface area contributed by atoms with Crippen LogP contribution >= 0.6 is 0 Å². The molecule has 33 heavy (non-hydrogen) atoms. The second-order valence-electron chi connectivity index (χ2n) is 7.75. The first kappa shape index (κ1) is 23.7. The van der Waals surface area contributed by atoms with Crippen LogP contribution in [0.1, 0.15) is 70.0 Å². The first-order valence-electron chi connectivity index (χ1n) is 10.8. The van der Waals surface area contributed by atoms with Gasteiger partial charge in [-0.05, 0) is 35.6 Å². The Labute approximate surface area is 190 Å². The lowest BCUT2D eigenvalue weighted by Gasteiger charge is -2.10. The molecule has 0 unspecified atom stereocenters. The highest BCUT2D eigenvalue weighted by molar-refractivity contribution is 5.96. The van der Waals surface area contributed by atoms with Crippen molar-refractivity contribution in [3.05, 3.63) is 81.5 Å². The van der Waals surface area contributed by atoms with E-state index in [9.17, 15) is 29.4 Å². The van der Waals surface area contributed by atoms with Crippen molar-refractivity contribution in [2.75, 3.05) is 0 Å². The third-order valence-electron chi connectivity index (χ3n) is 5.41. The van der Waals surface area contributed by atoms with Crippen molar-refractivity contribution in [2.24, 2.45) is 0 Å². The number of carbonyl (C=O) groups excluding carboxylic acids is 1. The summed E-state index contributed by atoms with van der Waals surface area (Å²) in [6.07, 6.45) is 1.52. The van der Waals surface area contributed by atoms with Gasteiger partial charge in [0.05, 0.1) is 17.8 Å². The van der Waals surface area contributed by atoms with Crippen LogP contribution in [0, 0.1) is 0 Å². The van der Waals surface area contributed by atoms with Gasteiger partial charge in [0.25, 0.3) is 0 Å². The van der Waals surface area contributed by atoms with E-state index in [1.807, 2.05) is 6.92 Å². The van der Waals surface area contributed by atoms with Crippen molar-refractivity contribution >= 4 is 17.8 Å². The van der Waals surface area contributed by atoms with Gasteiger partial charge in [-0.1, -0.05) is 62.7 Å². The molecule has 1 aromatic heterocycles. The molecule has 2 N–H and O–H groups in total. The van der Waals surface area contributed by atoms with Crippen LogP contribution < -0.4 is 5.69 Å². The van der Waals surface area contributed by atoms with Crippen LogP contribution in [0.25, 0.3) is 11.1 Å². The van der Waals surface area contributed by atoms with Crippen LogP contribution in [0.3, 0.4) is 0 Å². The molecule has 1 heterocycles. The summed E-state index contributed by atoms with van der Waals surface area (Å²) in [7, 11) is 0. The zero-order chi connectivity index (χ0) is 24.1. The molecule has 0 radical (unpaired) electrons. The summed E-state index contributed by atoms with van der Waals surface area (Å²) in [6.45, 7) is 3.76. The molecule has 0 fully saturated rings. The minimum atomic E-state index is -1.31. The topological polar surface area (TPSA) is 119 Å². The number of hydrogen-bond donors (Lipinski definition) is 2. The van der Waals surface area contributed by atoms with E-state index in [1.165, 1.54) is 10.6 Å². The number of rotatable bonds is 9. The van der Waals surface area contributed by atoms with Gasteiger partial charge in [-0.15, -0.1) is 0 Å². The van der Waals surface area contributed by atoms with E-state index in [4.69, 9.17) is 0 Å². The Morgan fingerprint density at radius 3 is 2.12 bits per heavy atom. The van der Waals surface area contributed by atoms with Gasteiger partial charge in [0.15, 0.2) is 5.69 Å². The third kappa shape index (κ3) is 4.79. The number of aromatic nitrogens is 2. The normalized spacial score (nSPS) is 10.8. The average Bonchev–Trinajstić information content (AvgIpc) is 3.06. The lowest BCUT2D eigenvalue weighted by Crippen LogP contribution is -2.31. The van der Waals surface area contributed by atoms with E-state index in [2.05, 4.69) is 0 Å². The van der Waals surface area contributed by atoms with Crippen LogP contribution in [0.4, 0.5) is 0 Å². The van der Waals surface area contributed by atoms with Crippen LogP contribution in [0.5, 0.6) is 0 Å². The fourth-order valence-corrected chi connectivity index (χ4v) is 3.91. The molecule has 0 saturated heterocycles. The Kier molecular flexibility index (Phi) is 7.27. The fourth-order valence-electron chi connectivity index (χ4n) is 3.91. The average molecular weight is 450 g/mol. The Morgan fingerprint density at radius 1 is 0.879 bits per heavy atom. The molecule has 0 saturated carbocycles. The zero-order valence-electron chi connectivity index (χ0n) is 18.6. The number of carboxylic acid groups (broad SMARTS) is 2. The van der Waals surface area contributed by atoms with Gasteiger partial charge >= 0.3 is 17.6 Å². The fraction of sp³-hybridized carbons (Fsp3) is 0.280. The quantitative estimate of drug-likeness (QED) is 0.505. The monoisotopic (exact) mass is 450 g/mol. The predicted octanol–water partition coefficient (Wildman–Crippen LogP) is 4.15. The molecule has 0 aliphatic rings. The maximum absolute atomic E-state index is 13.1. The smallest absolute Gasteiger partial charge is 0.354 e. The molecule has 0 aliphatic heterocycles.